The summed E-state index contributed by atoms with van der Waals surface area (Å²) in [5.41, 5.74) is 5.73. The molecular formula is C25H35ClN2O. The molecule has 2 fully saturated rings. The van der Waals surface area contributed by atoms with Crippen molar-refractivity contribution in [1.82, 2.24) is 4.90 Å². The second kappa shape index (κ2) is 8.34. The summed E-state index contributed by atoms with van der Waals surface area (Å²) in [7, 11) is 0. The number of piperidine rings is 1. The van der Waals surface area contributed by atoms with E-state index in [2.05, 4.69) is 21.9 Å². The monoisotopic (exact) mass is 414 g/mol. The second-order valence-electron chi connectivity index (χ2n) is 10.0. The lowest BCUT2D eigenvalue weighted by Gasteiger charge is -2.42. The summed E-state index contributed by atoms with van der Waals surface area (Å²) in [5.74, 6) is 0.861. The van der Waals surface area contributed by atoms with Crippen LogP contribution in [0.1, 0.15) is 71.3 Å². The van der Waals surface area contributed by atoms with Gasteiger partial charge in [0.1, 0.15) is 0 Å². The van der Waals surface area contributed by atoms with Gasteiger partial charge in [0.25, 0.3) is 0 Å². The van der Waals surface area contributed by atoms with Crippen molar-refractivity contribution in [2.45, 2.75) is 72.1 Å². The molecule has 0 spiro atoms. The number of hydrogen-bond donors (Lipinski definition) is 0. The molecule has 1 aliphatic carbocycles. The molecule has 4 heteroatoms. The molecule has 0 unspecified atom stereocenters. The highest BCUT2D eigenvalue weighted by Gasteiger charge is 2.35. The molecule has 3 aliphatic rings. The fourth-order valence-corrected chi connectivity index (χ4v) is 5.31. The molecule has 0 aromatic heterocycles. The first kappa shape index (κ1) is 20.8. The van der Waals surface area contributed by atoms with Gasteiger partial charge in [0.2, 0.25) is 5.91 Å². The highest BCUT2D eigenvalue weighted by molar-refractivity contribution is 6.30. The van der Waals surface area contributed by atoms with E-state index in [1.165, 1.54) is 43.4 Å². The van der Waals surface area contributed by atoms with Crippen molar-refractivity contribution in [3.63, 3.8) is 0 Å². The van der Waals surface area contributed by atoms with Crippen LogP contribution in [0.4, 0.5) is 5.69 Å². The number of likely N-dealkylation sites (tertiary alicyclic amines) is 1. The molecule has 1 saturated carbocycles. The van der Waals surface area contributed by atoms with Crippen molar-refractivity contribution in [1.29, 1.82) is 0 Å². The molecule has 2 aliphatic heterocycles. The van der Waals surface area contributed by atoms with Gasteiger partial charge in [0, 0.05) is 47.4 Å². The summed E-state index contributed by atoms with van der Waals surface area (Å²) < 4.78 is 0. The average molecular weight is 415 g/mol. The van der Waals surface area contributed by atoms with Gasteiger partial charge >= 0.3 is 0 Å². The molecule has 29 heavy (non-hydrogen) atoms. The zero-order valence-corrected chi connectivity index (χ0v) is 19.0. The molecule has 1 aromatic rings. The average Bonchev–Trinajstić information content (AvgIpc) is 2.85. The highest BCUT2D eigenvalue weighted by Crippen LogP contribution is 2.42. The Kier molecular flexibility index (Phi) is 5.97. The first-order chi connectivity index (χ1) is 13.8. The Morgan fingerprint density at radius 3 is 2.34 bits per heavy atom. The molecule has 0 atom stereocenters. The largest absolute Gasteiger partial charge is 0.345 e. The van der Waals surface area contributed by atoms with Crippen molar-refractivity contribution < 1.29 is 4.79 Å². The zero-order chi connectivity index (χ0) is 20.6. The van der Waals surface area contributed by atoms with Crippen molar-refractivity contribution in [3.05, 3.63) is 40.1 Å². The van der Waals surface area contributed by atoms with Crippen LogP contribution in [0.2, 0.25) is 5.02 Å². The number of allylic oxidation sites excluding steroid dienone is 2. The second-order valence-corrected chi connectivity index (χ2v) is 10.5. The van der Waals surface area contributed by atoms with E-state index < -0.39 is 0 Å². The number of anilines is 1. The fourth-order valence-electron chi connectivity index (χ4n) is 5.11. The van der Waals surface area contributed by atoms with Crippen molar-refractivity contribution >= 4 is 23.2 Å². The van der Waals surface area contributed by atoms with Crippen LogP contribution in [0.15, 0.2) is 29.5 Å². The van der Waals surface area contributed by atoms with Crippen LogP contribution in [-0.2, 0) is 11.2 Å². The number of nitrogens with zero attached hydrogens (tertiary/aromatic N) is 2. The molecule has 1 amide bonds. The minimum atomic E-state index is -0.287. The Balaban J connectivity index is 1.59. The predicted octanol–water partition coefficient (Wildman–Crippen LogP) is 6.21. The minimum absolute atomic E-state index is 0.287. The fraction of sp³-hybridized carbons (Fsp3) is 0.640. The van der Waals surface area contributed by atoms with Crippen LogP contribution < -0.4 is 4.90 Å². The Hall–Kier alpha value is -1.48. The van der Waals surface area contributed by atoms with E-state index in [0.717, 1.165) is 43.9 Å². The summed E-state index contributed by atoms with van der Waals surface area (Å²) >= 11 is 6.32. The Bertz CT molecular complexity index is 794. The maximum absolute atomic E-state index is 12.7. The predicted molar refractivity (Wildman–Crippen MR) is 121 cm³/mol. The summed E-state index contributed by atoms with van der Waals surface area (Å²) in [6, 6.07) is 6.45. The third kappa shape index (κ3) is 4.35. The Labute approximate surface area is 181 Å². The Morgan fingerprint density at radius 2 is 1.72 bits per heavy atom. The number of amides is 1. The number of aryl methyl sites for hydroxylation is 1. The molecule has 158 valence electrons. The van der Waals surface area contributed by atoms with Crippen LogP contribution in [-0.4, -0.2) is 30.4 Å². The number of hydrogen-bond acceptors (Lipinski definition) is 2. The smallest absolute Gasteiger partial charge is 0.227 e. The van der Waals surface area contributed by atoms with Crippen molar-refractivity contribution in [2.75, 3.05) is 24.5 Å². The van der Waals surface area contributed by atoms with E-state index in [-0.39, 0.29) is 5.41 Å². The normalized spacial score (nSPS) is 20.8. The third-order valence-electron chi connectivity index (χ3n) is 6.83. The summed E-state index contributed by atoms with van der Waals surface area (Å²) in [6.45, 7) is 8.97. The molecule has 1 aromatic carbocycles. The molecule has 0 radical (unpaired) electrons. The van der Waals surface area contributed by atoms with E-state index in [4.69, 9.17) is 11.6 Å². The lowest BCUT2D eigenvalue weighted by Crippen LogP contribution is -2.45. The zero-order valence-electron chi connectivity index (χ0n) is 18.3. The van der Waals surface area contributed by atoms with Crippen LogP contribution >= 0.6 is 11.6 Å². The van der Waals surface area contributed by atoms with Crippen LogP contribution in [0, 0.1) is 11.3 Å². The van der Waals surface area contributed by atoms with Gasteiger partial charge in [-0.1, -0.05) is 37.9 Å². The van der Waals surface area contributed by atoms with Gasteiger partial charge in [-0.3, -0.25) is 4.79 Å². The van der Waals surface area contributed by atoms with E-state index in [9.17, 15) is 4.79 Å². The molecule has 0 bridgehead atoms. The van der Waals surface area contributed by atoms with Gasteiger partial charge in [-0.05, 0) is 75.1 Å². The molecule has 1 saturated heterocycles. The number of carbonyl (C=O) groups excluding carboxylic acids is 1. The number of fused-ring (bicyclic) bond motifs is 1. The van der Waals surface area contributed by atoms with Gasteiger partial charge in [0.15, 0.2) is 0 Å². The van der Waals surface area contributed by atoms with Gasteiger partial charge in [-0.2, -0.15) is 0 Å². The summed E-state index contributed by atoms with van der Waals surface area (Å²) in [4.78, 5) is 17.5. The number of halogens is 1. The third-order valence-corrected chi connectivity index (χ3v) is 7.07. The number of benzene rings is 1. The maximum Gasteiger partial charge on any atom is 0.227 e. The quantitative estimate of drug-likeness (QED) is 0.574. The minimum Gasteiger partial charge on any atom is -0.345 e. The van der Waals surface area contributed by atoms with E-state index in [0.29, 0.717) is 11.8 Å². The molecule has 3 nitrogen and oxygen atoms in total. The highest BCUT2D eigenvalue weighted by atomic mass is 35.5. The van der Waals surface area contributed by atoms with Gasteiger partial charge < -0.3 is 9.80 Å². The lowest BCUT2D eigenvalue weighted by atomic mass is 9.81. The van der Waals surface area contributed by atoms with E-state index in [1.807, 2.05) is 26.8 Å². The van der Waals surface area contributed by atoms with Crippen molar-refractivity contribution in [3.8, 4) is 0 Å². The van der Waals surface area contributed by atoms with Crippen molar-refractivity contribution in [2.24, 2.45) is 11.3 Å². The topological polar surface area (TPSA) is 23.6 Å². The maximum atomic E-state index is 12.7. The van der Waals surface area contributed by atoms with Crippen LogP contribution in [0.25, 0.3) is 0 Å². The first-order valence-corrected chi connectivity index (χ1v) is 11.8. The van der Waals surface area contributed by atoms with E-state index >= 15 is 0 Å². The summed E-state index contributed by atoms with van der Waals surface area (Å²) in [5, 5.41) is 0.845. The van der Waals surface area contributed by atoms with Gasteiger partial charge in [-0.25, -0.2) is 0 Å². The Morgan fingerprint density at radius 1 is 1.00 bits per heavy atom. The van der Waals surface area contributed by atoms with Crippen LogP contribution in [0.5, 0.6) is 0 Å². The first-order valence-electron chi connectivity index (χ1n) is 11.4. The number of rotatable bonds is 2. The lowest BCUT2D eigenvalue weighted by molar-refractivity contribution is -0.140. The molecule has 4 rings (SSSR count). The van der Waals surface area contributed by atoms with Crippen LogP contribution in [0.3, 0.4) is 0 Å². The molecule has 0 N–H and O–H groups in total. The van der Waals surface area contributed by atoms with Gasteiger partial charge in [-0.15, -0.1) is 0 Å². The molecular weight excluding hydrogens is 380 g/mol. The van der Waals surface area contributed by atoms with E-state index in [1.54, 1.807) is 11.3 Å². The standard InChI is InChI=1S/C25H35ClN2O/c1-25(2,3)24(29)27-15-12-19(13-16-27)23(18-8-6-9-18)28-14-5-4-7-20-17-21(26)10-11-22(20)28/h10-11,17,19H,4-9,12-16H2,1-3H3. The van der Waals surface area contributed by atoms with Gasteiger partial charge in [0.05, 0.1) is 0 Å². The SMILES string of the molecule is CC(C)(C)C(=O)N1CCC(C(=C2CCC2)N2CCCCc3cc(Cl)ccc32)CC1. The summed E-state index contributed by atoms with van der Waals surface area (Å²) in [6.07, 6.45) is 9.55. The molecule has 2 heterocycles. The number of carbonyl (C=O) groups is 1.